The minimum absolute atomic E-state index is 0.0851. The molecule has 0 bridgehead atoms. The van der Waals surface area contributed by atoms with E-state index in [9.17, 15) is 8.78 Å². The van der Waals surface area contributed by atoms with Gasteiger partial charge in [0.2, 0.25) is 0 Å². The molecule has 1 heterocycles. The Kier molecular flexibility index (Phi) is 3.48. The number of hydrogen-bond acceptors (Lipinski definition) is 2. The smallest absolute Gasteiger partial charge is 0.256 e. The van der Waals surface area contributed by atoms with Crippen molar-refractivity contribution < 1.29 is 13.5 Å². The van der Waals surface area contributed by atoms with E-state index in [1.807, 2.05) is 6.92 Å². The highest BCUT2D eigenvalue weighted by Crippen LogP contribution is 2.38. The van der Waals surface area contributed by atoms with Crippen LogP contribution >= 0.6 is 0 Å². The molecule has 0 aromatic heterocycles. The molecule has 0 radical (unpaired) electrons. The lowest BCUT2D eigenvalue weighted by molar-refractivity contribution is -0.0192. The molecular formula is C10H19F2NO. The lowest BCUT2D eigenvalue weighted by Gasteiger charge is -2.39. The first-order valence-electron chi connectivity index (χ1n) is 5.01. The van der Waals surface area contributed by atoms with Crippen LogP contribution in [-0.4, -0.2) is 25.2 Å². The summed E-state index contributed by atoms with van der Waals surface area (Å²) in [6.45, 7) is 4.77. The van der Waals surface area contributed by atoms with Crippen molar-refractivity contribution in [2.45, 2.75) is 45.1 Å². The molecule has 1 saturated heterocycles. The molecule has 1 unspecified atom stereocenters. The number of halogens is 2. The first-order chi connectivity index (χ1) is 6.36. The summed E-state index contributed by atoms with van der Waals surface area (Å²) in [5.41, 5.74) is 4.13. The molecule has 0 aromatic carbocycles. The van der Waals surface area contributed by atoms with Gasteiger partial charge in [-0.25, -0.2) is 8.78 Å². The molecule has 0 amide bonds. The Bertz CT molecular complexity index is 189. The minimum atomic E-state index is -2.46. The first kappa shape index (κ1) is 11.9. The van der Waals surface area contributed by atoms with Crippen molar-refractivity contribution in [1.82, 2.24) is 0 Å². The second kappa shape index (κ2) is 4.11. The highest BCUT2D eigenvalue weighted by Gasteiger charge is 2.39. The Morgan fingerprint density at radius 1 is 1.43 bits per heavy atom. The van der Waals surface area contributed by atoms with Crippen LogP contribution in [0.3, 0.4) is 0 Å². The summed E-state index contributed by atoms with van der Waals surface area (Å²) in [4.78, 5) is 0. The highest BCUT2D eigenvalue weighted by molar-refractivity contribution is 4.91. The molecule has 1 rings (SSSR count). The van der Waals surface area contributed by atoms with E-state index in [4.69, 9.17) is 10.5 Å². The van der Waals surface area contributed by atoms with Gasteiger partial charge >= 0.3 is 0 Å². The van der Waals surface area contributed by atoms with E-state index in [1.54, 1.807) is 0 Å². The van der Waals surface area contributed by atoms with Gasteiger partial charge in [0, 0.05) is 13.2 Å². The monoisotopic (exact) mass is 207 g/mol. The van der Waals surface area contributed by atoms with Crippen LogP contribution in [-0.2, 0) is 4.74 Å². The number of alkyl halides is 2. The normalized spacial score (nSPS) is 26.1. The molecule has 0 aliphatic carbocycles. The largest absolute Gasteiger partial charge is 0.381 e. The zero-order valence-corrected chi connectivity index (χ0v) is 8.85. The van der Waals surface area contributed by atoms with Crippen molar-refractivity contribution >= 4 is 0 Å². The molecule has 84 valence electrons. The topological polar surface area (TPSA) is 35.2 Å². The predicted molar refractivity (Wildman–Crippen MR) is 51.4 cm³/mol. The molecule has 14 heavy (non-hydrogen) atoms. The van der Waals surface area contributed by atoms with Gasteiger partial charge in [-0.1, -0.05) is 6.92 Å². The van der Waals surface area contributed by atoms with Gasteiger partial charge in [-0.15, -0.1) is 0 Å². The zero-order valence-electron chi connectivity index (χ0n) is 8.85. The van der Waals surface area contributed by atoms with Crippen LogP contribution in [0.4, 0.5) is 8.78 Å². The van der Waals surface area contributed by atoms with Gasteiger partial charge in [0.15, 0.2) is 0 Å². The van der Waals surface area contributed by atoms with Gasteiger partial charge in [0.25, 0.3) is 6.43 Å². The van der Waals surface area contributed by atoms with Crippen molar-refractivity contribution in [1.29, 1.82) is 0 Å². The van der Waals surface area contributed by atoms with Gasteiger partial charge in [0.05, 0.1) is 5.54 Å². The predicted octanol–water partition coefficient (Wildman–Crippen LogP) is 2.18. The standard InChI is InChI=1S/C10H19F2NO/c1-9(3-5-14-6-4-9)7-10(2,13)8(11)12/h8H,3-7,13H2,1-2H3. The molecule has 0 aromatic rings. The molecule has 1 fully saturated rings. The van der Waals surface area contributed by atoms with Crippen LogP contribution in [0.1, 0.15) is 33.1 Å². The third kappa shape index (κ3) is 2.89. The zero-order chi connectivity index (χ0) is 10.8. The maximum Gasteiger partial charge on any atom is 0.256 e. The third-order valence-corrected chi connectivity index (χ3v) is 3.01. The van der Waals surface area contributed by atoms with E-state index >= 15 is 0 Å². The summed E-state index contributed by atoms with van der Waals surface area (Å²) >= 11 is 0. The highest BCUT2D eigenvalue weighted by atomic mass is 19.3. The van der Waals surface area contributed by atoms with Crippen molar-refractivity contribution in [2.24, 2.45) is 11.1 Å². The molecule has 2 N–H and O–H groups in total. The summed E-state index contributed by atoms with van der Waals surface area (Å²) in [7, 11) is 0. The SMILES string of the molecule is CC1(CC(C)(N)C(F)F)CCOCC1. The Morgan fingerprint density at radius 3 is 2.36 bits per heavy atom. The molecular weight excluding hydrogens is 188 g/mol. The average molecular weight is 207 g/mol. The second-order valence-electron chi connectivity index (χ2n) is 4.91. The van der Waals surface area contributed by atoms with Gasteiger partial charge in [0.1, 0.15) is 0 Å². The van der Waals surface area contributed by atoms with Crippen LogP contribution in [0, 0.1) is 5.41 Å². The van der Waals surface area contributed by atoms with E-state index in [1.165, 1.54) is 6.92 Å². The van der Waals surface area contributed by atoms with Crippen LogP contribution in [0.5, 0.6) is 0 Å². The van der Waals surface area contributed by atoms with E-state index in [-0.39, 0.29) is 5.41 Å². The Morgan fingerprint density at radius 2 is 1.93 bits per heavy atom. The lowest BCUT2D eigenvalue weighted by Crippen LogP contribution is -2.48. The Balaban J connectivity index is 2.56. The summed E-state index contributed by atoms with van der Waals surface area (Å²) in [6, 6.07) is 0. The van der Waals surface area contributed by atoms with E-state index in [0.717, 1.165) is 12.8 Å². The van der Waals surface area contributed by atoms with Crippen LogP contribution < -0.4 is 5.73 Å². The second-order valence-corrected chi connectivity index (χ2v) is 4.91. The third-order valence-electron chi connectivity index (χ3n) is 3.01. The van der Waals surface area contributed by atoms with Gasteiger partial charge in [-0.3, -0.25) is 0 Å². The van der Waals surface area contributed by atoms with E-state index in [2.05, 4.69) is 0 Å². The van der Waals surface area contributed by atoms with E-state index in [0.29, 0.717) is 19.6 Å². The van der Waals surface area contributed by atoms with Crippen molar-refractivity contribution in [3.63, 3.8) is 0 Å². The maximum atomic E-state index is 12.6. The molecule has 0 spiro atoms. The number of rotatable bonds is 3. The summed E-state index contributed by atoms with van der Waals surface area (Å²) in [5.74, 6) is 0. The van der Waals surface area contributed by atoms with Gasteiger partial charge in [-0.2, -0.15) is 0 Å². The lowest BCUT2D eigenvalue weighted by atomic mass is 9.73. The Hall–Kier alpha value is -0.220. The molecule has 4 heteroatoms. The minimum Gasteiger partial charge on any atom is -0.381 e. The summed E-state index contributed by atoms with van der Waals surface area (Å²) in [5, 5.41) is 0. The maximum absolute atomic E-state index is 12.6. The number of nitrogens with two attached hydrogens (primary N) is 1. The fourth-order valence-corrected chi connectivity index (χ4v) is 2.04. The van der Waals surface area contributed by atoms with Crippen molar-refractivity contribution in [3.05, 3.63) is 0 Å². The van der Waals surface area contributed by atoms with Gasteiger partial charge < -0.3 is 10.5 Å². The van der Waals surface area contributed by atoms with Crippen molar-refractivity contribution in [2.75, 3.05) is 13.2 Å². The molecule has 2 nitrogen and oxygen atoms in total. The van der Waals surface area contributed by atoms with Gasteiger partial charge in [-0.05, 0) is 31.6 Å². The number of hydrogen-bond donors (Lipinski definition) is 1. The Labute approximate surface area is 83.8 Å². The molecule has 0 saturated carbocycles. The fraction of sp³-hybridized carbons (Fsp3) is 1.00. The van der Waals surface area contributed by atoms with E-state index < -0.39 is 12.0 Å². The molecule has 1 aliphatic heterocycles. The van der Waals surface area contributed by atoms with Crippen LogP contribution in [0.2, 0.25) is 0 Å². The quantitative estimate of drug-likeness (QED) is 0.769. The average Bonchev–Trinajstić information content (AvgIpc) is 2.03. The number of ether oxygens (including phenoxy) is 1. The summed E-state index contributed by atoms with van der Waals surface area (Å²) in [6.07, 6.45) is -0.442. The molecule has 1 aliphatic rings. The van der Waals surface area contributed by atoms with Crippen LogP contribution in [0.15, 0.2) is 0 Å². The summed E-state index contributed by atoms with van der Waals surface area (Å²) < 4.78 is 30.4. The first-order valence-corrected chi connectivity index (χ1v) is 5.01. The fourth-order valence-electron chi connectivity index (χ4n) is 2.04. The van der Waals surface area contributed by atoms with Crippen LogP contribution in [0.25, 0.3) is 0 Å². The molecule has 1 atom stereocenters. The van der Waals surface area contributed by atoms with Crippen molar-refractivity contribution in [3.8, 4) is 0 Å².